The normalized spacial score (nSPS) is 18.0. The van der Waals surface area contributed by atoms with E-state index in [1.807, 2.05) is 26.0 Å². The molecule has 3 nitrogen and oxygen atoms in total. The highest BCUT2D eigenvalue weighted by molar-refractivity contribution is 5.97. The van der Waals surface area contributed by atoms with Crippen LogP contribution < -0.4 is 0 Å². The van der Waals surface area contributed by atoms with E-state index in [0.29, 0.717) is 5.92 Å². The van der Waals surface area contributed by atoms with Gasteiger partial charge >= 0.3 is 0 Å². The molecular weight excluding hydrogens is 212 g/mol. The predicted octanol–water partition coefficient (Wildman–Crippen LogP) is 2.52. The molecule has 0 aromatic rings. The molecule has 92 valence electrons. The Balaban J connectivity index is 2.65. The van der Waals surface area contributed by atoms with Crippen molar-refractivity contribution in [1.29, 1.82) is 5.26 Å². The van der Waals surface area contributed by atoms with Gasteiger partial charge in [-0.25, -0.2) is 0 Å². The SMILES string of the molecule is C=CC1CCN(C(=O)/C(C#N)=C/C(C)C)CC1. The maximum atomic E-state index is 12.1. The number of carbonyl (C=O) groups excluding carboxylic acids is 1. The highest BCUT2D eigenvalue weighted by Crippen LogP contribution is 2.19. The Bertz CT molecular complexity index is 355. The largest absolute Gasteiger partial charge is 0.338 e. The number of carbonyl (C=O) groups is 1. The van der Waals surface area contributed by atoms with Crippen molar-refractivity contribution >= 4 is 5.91 Å². The van der Waals surface area contributed by atoms with Crippen LogP contribution in [-0.2, 0) is 4.79 Å². The minimum atomic E-state index is -0.122. The first-order valence-corrected chi connectivity index (χ1v) is 6.12. The number of hydrogen-bond acceptors (Lipinski definition) is 2. The smallest absolute Gasteiger partial charge is 0.264 e. The number of piperidine rings is 1. The Labute approximate surface area is 103 Å². The number of amides is 1. The molecule has 1 saturated heterocycles. The molecule has 0 radical (unpaired) electrons. The zero-order chi connectivity index (χ0) is 12.8. The summed E-state index contributed by atoms with van der Waals surface area (Å²) in [6, 6.07) is 2.01. The summed E-state index contributed by atoms with van der Waals surface area (Å²) in [4.78, 5) is 13.8. The first-order valence-electron chi connectivity index (χ1n) is 6.12. The van der Waals surface area contributed by atoms with Crippen LogP contribution in [0.1, 0.15) is 26.7 Å². The number of likely N-dealkylation sites (tertiary alicyclic amines) is 1. The van der Waals surface area contributed by atoms with Gasteiger partial charge in [-0.3, -0.25) is 4.79 Å². The van der Waals surface area contributed by atoms with Gasteiger partial charge in [-0.15, -0.1) is 6.58 Å². The summed E-state index contributed by atoms with van der Waals surface area (Å²) >= 11 is 0. The standard InChI is InChI=1S/C14H20N2O/c1-4-12-5-7-16(8-6-12)14(17)13(10-15)9-11(2)3/h4,9,11-12H,1,5-8H2,2-3H3/b13-9+. The zero-order valence-corrected chi connectivity index (χ0v) is 10.6. The van der Waals surface area contributed by atoms with Crippen molar-refractivity contribution in [3.8, 4) is 6.07 Å². The fraction of sp³-hybridized carbons (Fsp3) is 0.571. The summed E-state index contributed by atoms with van der Waals surface area (Å²) in [5.74, 6) is 0.613. The Morgan fingerprint density at radius 2 is 2.06 bits per heavy atom. The Hall–Kier alpha value is -1.56. The molecule has 1 heterocycles. The molecule has 0 aromatic heterocycles. The molecule has 0 spiro atoms. The quantitative estimate of drug-likeness (QED) is 0.426. The van der Waals surface area contributed by atoms with Gasteiger partial charge < -0.3 is 4.90 Å². The minimum Gasteiger partial charge on any atom is -0.338 e. The number of hydrogen-bond donors (Lipinski definition) is 0. The van der Waals surface area contributed by atoms with E-state index < -0.39 is 0 Å². The average Bonchev–Trinajstić information content (AvgIpc) is 2.35. The van der Waals surface area contributed by atoms with E-state index in [-0.39, 0.29) is 17.4 Å². The second-order valence-corrected chi connectivity index (χ2v) is 4.80. The summed E-state index contributed by atoms with van der Waals surface area (Å²) in [6.45, 7) is 9.17. The van der Waals surface area contributed by atoms with Gasteiger partial charge in [0, 0.05) is 13.1 Å². The van der Waals surface area contributed by atoms with Gasteiger partial charge in [0.05, 0.1) is 0 Å². The maximum Gasteiger partial charge on any atom is 0.264 e. The second-order valence-electron chi connectivity index (χ2n) is 4.80. The lowest BCUT2D eigenvalue weighted by molar-refractivity contribution is -0.127. The van der Waals surface area contributed by atoms with Crippen molar-refractivity contribution in [1.82, 2.24) is 4.90 Å². The highest BCUT2D eigenvalue weighted by atomic mass is 16.2. The molecule has 1 fully saturated rings. The van der Waals surface area contributed by atoms with E-state index in [1.165, 1.54) is 0 Å². The van der Waals surface area contributed by atoms with Crippen LogP contribution in [0.15, 0.2) is 24.3 Å². The molecule has 0 saturated carbocycles. The number of rotatable bonds is 3. The fourth-order valence-corrected chi connectivity index (χ4v) is 2.00. The second kappa shape index (κ2) is 6.24. The minimum absolute atomic E-state index is 0.122. The highest BCUT2D eigenvalue weighted by Gasteiger charge is 2.23. The summed E-state index contributed by atoms with van der Waals surface area (Å²) in [5, 5.41) is 8.99. The molecule has 17 heavy (non-hydrogen) atoms. The van der Waals surface area contributed by atoms with Gasteiger partial charge in [0.15, 0.2) is 0 Å². The van der Waals surface area contributed by atoms with Crippen LogP contribution in [0.2, 0.25) is 0 Å². The lowest BCUT2D eigenvalue weighted by Gasteiger charge is -2.30. The average molecular weight is 232 g/mol. The molecule has 0 aromatic carbocycles. The molecule has 0 aliphatic carbocycles. The van der Waals surface area contributed by atoms with Crippen molar-refractivity contribution in [2.45, 2.75) is 26.7 Å². The fourth-order valence-electron chi connectivity index (χ4n) is 2.00. The molecule has 1 aliphatic heterocycles. The Morgan fingerprint density at radius 3 is 2.47 bits per heavy atom. The topological polar surface area (TPSA) is 44.1 Å². The van der Waals surface area contributed by atoms with Crippen molar-refractivity contribution < 1.29 is 4.79 Å². The van der Waals surface area contributed by atoms with Crippen LogP contribution in [-0.4, -0.2) is 23.9 Å². The van der Waals surface area contributed by atoms with Crippen molar-refractivity contribution in [2.24, 2.45) is 11.8 Å². The van der Waals surface area contributed by atoms with Crippen LogP contribution >= 0.6 is 0 Å². The molecular formula is C14H20N2O. The third-order valence-electron chi connectivity index (χ3n) is 3.01. The van der Waals surface area contributed by atoms with Crippen LogP contribution in [0, 0.1) is 23.2 Å². The Kier molecular flexibility index (Phi) is 4.96. The van der Waals surface area contributed by atoms with Gasteiger partial charge in [0.25, 0.3) is 5.91 Å². The maximum absolute atomic E-state index is 12.1. The van der Waals surface area contributed by atoms with Crippen LogP contribution in [0.4, 0.5) is 0 Å². The molecule has 1 aliphatic rings. The van der Waals surface area contributed by atoms with E-state index >= 15 is 0 Å². The predicted molar refractivity (Wildman–Crippen MR) is 68.0 cm³/mol. The first kappa shape index (κ1) is 13.5. The molecule has 1 amide bonds. The summed E-state index contributed by atoms with van der Waals surface area (Å²) in [6.07, 6.45) is 5.60. The monoisotopic (exact) mass is 232 g/mol. The number of allylic oxidation sites excluding steroid dienone is 2. The lowest BCUT2D eigenvalue weighted by atomic mass is 9.96. The summed E-state index contributed by atoms with van der Waals surface area (Å²) in [7, 11) is 0. The Morgan fingerprint density at radius 1 is 1.47 bits per heavy atom. The van der Waals surface area contributed by atoms with Crippen molar-refractivity contribution in [2.75, 3.05) is 13.1 Å². The summed E-state index contributed by atoms with van der Waals surface area (Å²) < 4.78 is 0. The molecule has 1 rings (SSSR count). The van der Waals surface area contributed by atoms with Crippen LogP contribution in [0.3, 0.4) is 0 Å². The van der Waals surface area contributed by atoms with Gasteiger partial charge in [-0.05, 0) is 24.7 Å². The van der Waals surface area contributed by atoms with Crippen molar-refractivity contribution in [3.63, 3.8) is 0 Å². The first-order chi connectivity index (χ1) is 8.08. The van der Waals surface area contributed by atoms with E-state index in [0.717, 1.165) is 25.9 Å². The van der Waals surface area contributed by atoms with Gasteiger partial charge in [-0.1, -0.05) is 26.0 Å². The molecule has 3 heteroatoms. The van der Waals surface area contributed by atoms with Crippen LogP contribution in [0.25, 0.3) is 0 Å². The van der Waals surface area contributed by atoms with Crippen molar-refractivity contribution in [3.05, 3.63) is 24.3 Å². The number of nitrogens with zero attached hydrogens (tertiary/aromatic N) is 2. The lowest BCUT2D eigenvalue weighted by Crippen LogP contribution is -2.38. The van der Waals surface area contributed by atoms with E-state index in [9.17, 15) is 4.79 Å². The molecule has 0 N–H and O–H groups in total. The van der Waals surface area contributed by atoms with Gasteiger partial charge in [0.2, 0.25) is 0 Å². The third-order valence-corrected chi connectivity index (χ3v) is 3.01. The number of nitriles is 1. The van der Waals surface area contributed by atoms with E-state index in [4.69, 9.17) is 5.26 Å². The van der Waals surface area contributed by atoms with Crippen LogP contribution in [0.5, 0.6) is 0 Å². The van der Waals surface area contributed by atoms with Gasteiger partial charge in [-0.2, -0.15) is 5.26 Å². The van der Waals surface area contributed by atoms with E-state index in [2.05, 4.69) is 6.58 Å². The third kappa shape index (κ3) is 3.74. The molecule has 0 unspecified atom stereocenters. The van der Waals surface area contributed by atoms with E-state index in [1.54, 1.807) is 11.0 Å². The molecule has 0 atom stereocenters. The summed E-state index contributed by atoms with van der Waals surface area (Å²) in [5.41, 5.74) is 0.275. The molecule has 0 bridgehead atoms. The van der Waals surface area contributed by atoms with Gasteiger partial charge in [0.1, 0.15) is 11.6 Å². The zero-order valence-electron chi connectivity index (χ0n) is 10.6.